The monoisotopic (exact) mass is 330 g/mol. The van der Waals surface area contributed by atoms with E-state index in [9.17, 15) is 0 Å². The smallest absolute Gasteiger partial charge is 0.0698 e. The summed E-state index contributed by atoms with van der Waals surface area (Å²) >= 11 is 3.65. The average molecular weight is 331 g/mol. The second-order valence-corrected chi connectivity index (χ2v) is 6.43. The Labute approximate surface area is 125 Å². The summed E-state index contributed by atoms with van der Waals surface area (Å²) in [4.78, 5) is 2.18. The molecule has 1 rings (SSSR count). The van der Waals surface area contributed by atoms with Crippen LogP contribution in [-0.4, -0.2) is 41.9 Å². The lowest BCUT2D eigenvalue weighted by Crippen LogP contribution is -2.30. The molecular formula is C14H27BrN4. The highest BCUT2D eigenvalue weighted by Gasteiger charge is 2.22. The number of nitrogens with zero attached hydrogens (tertiary/aromatic N) is 3. The molecule has 1 atom stereocenters. The van der Waals surface area contributed by atoms with Crippen LogP contribution in [0.3, 0.4) is 0 Å². The van der Waals surface area contributed by atoms with E-state index in [1.54, 1.807) is 0 Å². The molecule has 0 aliphatic carbocycles. The lowest BCUT2D eigenvalue weighted by atomic mass is 10.0. The van der Waals surface area contributed by atoms with Gasteiger partial charge in [0, 0.05) is 6.54 Å². The topological polar surface area (TPSA) is 33.1 Å². The van der Waals surface area contributed by atoms with Gasteiger partial charge >= 0.3 is 0 Å². The van der Waals surface area contributed by atoms with Crippen LogP contribution < -0.4 is 5.32 Å². The number of hydrogen-bond acceptors (Lipinski definition) is 3. The van der Waals surface area contributed by atoms with E-state index in [-0.39, 0.29) is 0 Å². The van der Waals surface area contributed by atoms with Crippen LogP contribution in [0.25, 0.3) is 0 Å². The van der Waals surface area contributed by atoms with E-state index in [2.05, 4.69) is 70.8 Å². The quantitative estimate of drug-likeness (QED) is 0.795. The molecule has 0 aromatic carbocycles. The normalized spacial score (nSPS) is 13.5. The molecule has 0 spiro atoms. The van der Waals surface area contributed by atoms with Gasteiger partial charge in [0.2, 0.25) is 0 Å². The maximum absolute atomic E-state index is 4.50. The lowest BCUT2D eigenvalue weighted by Gasteiger charge is -2.24. The maximum Gasteiger partial charge on any atom is 0.0698 e. The van der Waals surface area contributed by atoms with Gasteiger partial charge in [0.05, 0.1) is 29.0 Å². The minimum atomic E-state index is 0.346. The molecule has 0 saturated carbocycles. The zero-order valence-corrected chi connectivity index (χ0v) is 14.4. The van der Waals surface area contributed by atoms with Crippen LogP contribution in [0.5, 0.6) is 0 Å². The summed E-state index contributed by atoms with van der Waals surface area (Å²) in [5.74, 6) is 0.539. The van der Waals surface area contributed by atoms with Gasteiger partial charge in [-0.2, -0.15) is 5.10 Å². The first-order chi connectivity index (χ1) is 8.97. The van der Waals surface area contributed by atoms with Crippen molar-refractivity contribution in [2.24, 2.45) is 5.92 Å². The third kappa shape index (κ3) is 4.89. The zero-order valence-electron chi connectivity index (χ0n) is 12.8. The molecule has 1 aromatic heterocycles. The van der Waals surface area contributed by atoms with Gasteiger partial charge in [-0.15, -0.1) is 0 Å². The van der Waals surface area contributed by atoms with Crippen molar-refractivity contribution in [3.63, 3.8) is 0 Å². The van der Waals surface area contributed by atoms with Crippen LogP contribution in [0.4, 0.5) is 0 Å². The number of likely N-dealkylation sites (N-methyl/N-ethyl adjacent to an activating group) is 1. The minimum Gasteiger partial charge on any atom is -0.308 e. The Kier molecular flexibility index (Phi) is 7.04. The first-order valence-electron chi connectivity index (χ1n) is 7.06. The molecule has 1 aromatic rings. The van der Waals surface area contributed by atoms with Gasteiger partial charge in [-0.1, -0.05) is 20.8 Å². The zero-order chi connectivity index (χ0) is 14.4. The Morgan fingerprint density at radius 3 is 2.63 bits per heavy atom. The third-order valence-corrected chi connectivity index (χ3v) is 3.78. The Bertz CT molecular complexity index is 374. The average Bonchev–Trinajstić information content (AvgIpc) is 2.69. The van der Waals surface area contributed by atoms with Gasteiger partial charge in [0.1, 0.15) is 0 Å². The third-order valence-electron chi connectivity index (χ3n) is 3.17. The van der Waals surface area contributed by atoms with Crippen molar-refractivity contribution >= 4 is 15.9 Å². The number of hydrogen-bond donors (Lipinski definition) is 1. The molecule has 4 nitrogen and oxygen atoms in total. The predicted molar refractivity (Wildman–Crippen MR) is 84.4 cm³/mol. The predicted octanol–water partition coefficient (Wildman–Crippen LogP) is 2.90. The summed E-state index contributed by atoms with van der Waals surface area (Å²) in [7, 11) is 4.18. The summed E-state index contributed by atoms with van der Waals surface area (Å²) in [5.41, 5.74) is 1.27. The Hall–Kier alpha value is -0.390. The Balaban J connectivity index is 2.90. The van der Waals surface area contributed by atoms with Gasteiger partial charge in [-0.3, -0.25) is 4.68 Å². The fraction of sp³-hybridized carbons (Fsp3) is 0.786. The minimum absolute atomic E-state index is 0.346. The molecule has 0 bridgehead atoms. The summed E-state index contributed by atoms with van der Waals surface area (Å²) in [6, 6.07) is 0.346. The summed E-state index contributed by atoms with van der Waals surface area (Å²) in [6.45, 7) is 9.66. The molecule has 0 aliphatic rings. The number of halogens is 1. The van der Waals surface area contributed by atoms with Crippen LogP contribution in [0.2, 0.25) is 0 Å². The molecule has 0 fully saturated rings. The van der Waals surface area contributed by atoms with Crippen molar-refractivity contribution < 1.29 is 0 Å². The SMILES string of the molecule is CCCNC(c1c(Br)cnn1CCN(C)C)C(C)C. The molecule has 1 unspecified atom stereocenters. The molecule has 1 heterocycles. The van der Waals surface area contributed by atoms with Crippen molar-refractivity contribution in [1.29, 1.82) is 0 Å². The van der Waals surface area contributed by atoms with E-state index >= 15 is 0 Å². The van der Waals surface area contributed by atoms with Crippen LogP contribution in [0.1, 0.15) is 38.9 Å². The van der Waals surface area contributed by atoms with Crippen LogP contribution in [0.15, 0.2) is 10.7 Å². The number of nitrogens with one attached hydrogen (secondary N) is 1. The molecule has 19 heavy (non-hydrogen) atoms. The van der Waals surface area contributed by atoms with Crippen molar-refractivity contribution in [2.75, 3.05) is 27.2 Å². The molecular weight excluding hydrogens is 304 g/mol. The van der Waals surface area contributed by atoms with Crippen LogP contribution in [-0.2, 0) is 6.54 Å². The molecule has 0 aliphatic heterocycles. The van der Waals surface area contributed by atoms with Crippen molar-refractivity contribution in [3.05, 3.63) is 16.4 Å². The van der Waals surface area contributed by atoms with E-state index in [1.807, 2.05) is 6.20 Å². The Morgan fingerprint density at radius 1 is 1.42 bits per heavy atom. The van der Waals surface area contributed by atoms with Crippen molar-refractivity contribution in [1.82, 2.24) is 20.0 Å². The fourth-order valence-corrected chi connectivity index (χ4v) is 2.64. The van der Waals surface area contributed by atoms with Gasteiger partial charge in [-0.25, -0.2) is 0 Å². The van der Waals surface area contributed by atoms with Gasteiger partial charge in [0.15, 0.2) is 0 Å². The molecule has 0 saturated heterocycles. The second-order valence-electron chi connectivity index (χ2n) is 5.58. The van der Waals surface area contributed by atoms with Crippen molar-refractivity contribution in [2.45, 2.75) is 39.8 Å². The second kappa shape index (κ2) is 8.02. The van der Waals surface area contributed by atoms with E-state index < -0.39 is 0 Å². The highest BCUT2D eigenvalue weighted by Crippen LogP contribution is 2.28. The van der Waals surface area contributed by atoms with E-state index in [0.29, 0.717) is 12.0 Å². The number of aromatic nitrogens is 2. The lowest BCUT2D eigenvalue weighted by molar-refractivity contribution is 0.343. The summed E-state index contributed by atoms with van der Waals surface area (Å²) in [6.07, 6.45) is 3.06. The van der Waals surface area contributed by atoms with Gasteiger partial charge in [-0.05, 0) is 48.9 Å². The standard InChI is InChI=1S/C14H27BrN4/c1-6-7-16-13(11(2)3)14-12(15)10-17-19(14)9-8-18(4)5/h10-11,13,16H,6-9H2,1-5H3. The van der Waals surface area contributed by atoms with Gasteiger partial charge < -0.3 is 10.2 Å². The summed E-state index contributed by atoms with van der Waals surface area (Å²) < 4.78 is 3.23. The first kappa shape index (κ1) is 16.7. The van der Waals surface area contributed by atoms with Gasteiger partial charge in [0.25, 0.3) is 0 Å². The molecule has 5 heteroatoms. The largest absolute Gasteiger partial charge is 0.308 e. The van der Waals surface area contributed by atoms with E-state index in [4.69, 9.17) is 0 Å². The van der Waals surface area contributed by atoms with Crippen LogP contribution >= 0.6 is 15.9 Å². The maximum atomic E-state index is 4.50. The molecule has 110 valence electrons. The Morgan fingerprint density at radius 2 is 2.11 bits per heavy atom. The van der Waals surface area contributed by atoms with E-state index in [0.717, 1.165) is 30.5 Å². The molecule has 1 N–H and O–H groups in total. The highest BCUT2D eigenvalue weighted by atomic mass is 79.9. The fourth-order valence-electron chi connectivity index (χ4n) is 2.10. The molecule has 0 amide bonds. The van der Waals surface area contributed by atoms with Crippen LogP contribution in [0, 0.1) is 5.92 Å². The van der Waals surface area contributed by atoms with Crippen molar-refractivity contribution in [3.8, 4) is 0 Å². The highest BCUT2D eigenvalue weighted by molar-refractivity contribution is 9.10. The first-order valence-corrected chi connectivity index (χ1v) is 7.86. The number of rotatable bonds is 8. The molecule has 0 radical (unpaired) electrons. The van der Waals surface area contributed by atoms with E-state index in [1.165, 1.54) is 5.69 Å². The summed E-state index contributed by atoms with van der Waals surface area (Å²) in [5, 5.41) is 8.14.